The summed E-state index contributed by atoms with van der Waals surface area (Å²) in [5, 5.41) is 3.52. The van der Waals surface area contributed by atoms with E-state index in [1.54, 1.807) is 13.1 Å². The summed E-state index contributed by atoms with van der Waals surface area (Å²) in [5.74, 6) is 1.45. The van der Waals surface area contributed by atoms with Gasteiger partial charge in [0.15, 0.2) is 0 Å². The summed E-state index contributed by atoms with van der Waals surface area (Å²) in [5.41, 5.74) is 3.15. The third-order valence-electron chi connectivity index (χ3n) is 5.58. The van der Waals surface area contributed by atoms with Crippen LogP contribution in [0, 0.1) is 19.7 Å². The van der Waals surface area contributed by atoms with Crippen molar-refractivity contribution in [2.45, 2.75) is 45.1 Å². The fraction of sp³-hybridized carbons (Fsp3) is 0.318. The first-order valence-corrected chi connectivity index (χ1v) is 9.57. The Kier molecular flexibility index (Phi) is 4.94. The fourth-order valence-corrected chi connectivity index (χ4v) is 3.83. The number of halogens is 1. The van der Waals surface area contributed by atoms with Crippen LogP contribution in [0.25, 0.3) is 11.4 Å². The summed E-state index contributed by atoms with van der Waals surface area (Å²) in [4.78, 5) is 23.7. The van der Waals surface area contributed by atoms with Crippen LogP contribution >= 0.6 is 0 Å². The standard InChI is InChI=1S/C22H23FN4O/c1-13-14(2)25-21(27-22(13)28)16-8-11-20(24-12-16)26-19-5-3-4-18(19)15-6-9-17(23)10-7-15/h6-12,18-19H,3-5H2,1-2H3,(H,24,26)(H,25,27,28). The molecule has 0 radical (unpaired) electrons. The fourth-order valence-electron chi connectivity index (χ4n) is 3.83. The number of rotatable bonds is 4. The van der Waals surface area contributed by atoms with E-state index in [1.807, 2.05) is 31.2 Å². The summed E-state index contributed by atoms with van der Waals surface area (Å²) in [7, 11) is 0. The Morgan fingerprint density at radius 2 is 1.89 bits per heavy atom. The molecule has 2 unspecified atom stereocenters. The first kappa shape index (κ1) is 18.3. The lowest BCUT2D eigenvalue weighted by Crippen LogP contribution is -2.23. The van der Waals surface area contributed by atoms with E-state index in [1.165, 1.54) is 12.1 Å². The van der Waals surface area contributed by atoms with Crippen LogP contribution in [0.5, 0.6) is 0 Å². The van der Waals surface area contributed by atoms with Gasteiger partial charge in [0.1, 0.15) is 17.5 Å². The zero-order chi connectivity index (χ0) is 19.7. The highest BCUT2D eigenvalue weighted by atomic mass is 19.1. The molecule has 2 N–H and O–H groups in total. The molecule has 2 aromatic heterocycles. The van der Waals surface area contributed by atoms with Crippen LogP contribution in [-0.2, 0) is 0 Å². The number of hydrogen-bond donors (Lipinski definition) is 2. The number of aromatic amines is 1. The lowest BCUT2D eigenvalue weighted by molar-refractivity contribution is 0.618. The van der Waals surface area contributed by atoms with Crippen LogP contribution in [-0.4, -0.2) is 21.0 Å². The molecule has 28 heavy (non-hydrogen) atoms. The highest BCUT2D eigenvalue weighted by molar-refractivity contribution is 5.56. The van der Waals surface area contributed by atoms with Gasteiger partial charge in [-0.2, -0.15) is 0 Å². The van der Waals surface area contributed by atoms with Crippen molar-refractivity contribution in [3.8, 4) is 11.4 Å². The molecule has 1 aliphatic rings. The Balaban J connectivity index is 1.51. The number of hydrogen-bond acceptors (Lipinski definition) is 4. The molecule has 0 saturated heterocycles. The summed E-state index contributed by atoms with van der Waals surface area (Å²) < 4.78 is 13.2. The Hall–Kier alpha value is -3.02. The quantitative estimate of drug-likeness (QED) is 0.709. The van der Waals surface area contributed by atoms with Crippen molar-refractivity contribution in [1.29, 1.82) is 0 Å². The number of benzene rings is 1. The number of nitrogens with zero attached hydrogens (tertiary/aromatic N) is 2. The van der Waals surface area contributed by atoms with Gasteiger partial charge < -0.3 is 10.3 Å². The number of nitrogens with one attached hydrogen (secondary N) is 2. The maximum Gasteiger partial charge on any atom is 0.254 e. The number of aryl methyl sites for hydroxylation is 1. The number of pyridine rings is 1. The van der Waals surface area contributed by atoms with Gasteiger partial charge in [-0.25, -0.2) is 14.4 Å². The largest absolute Gasteiger partial charge is 0.367 e. The molecule has 2 atom stereocenters. The van der Waals surface area contributed by atoms with Gasteiger partial charge in [0, 0.05) is 35.0 Å². The van der Waals surface area contributed by atoms with E-state index in [2.05, 4.69) is 20.3 Å². The Labute approximate surface area is 163 Å². The summed E-state index contributed by atoms with van der Waals surface area (Å²) >= 11 is 0. The van der Waals surface area contributed by atoms with Gasteiger partial charge in [-0.3, -0.25) is 4.79 Å². The highest BCUT2D eigenvalue weighted by Crippen LogP contribution is 2.36. The van der Waals surface area contributed by atoms with Crippen LogP contribution in [0.15, 0.2) is 47.4 Å². The predicted molar refractivity (Wildman–Crippen MR) is 108 cm³/mol. The van der Waals surface area contributed by atoms with Gasteiger partial charge in [0.25, 0.3) is 5.56 Å². The maximum absolute atomic E-state index is 13.2. The molecular formula is C22H23FN4O. The normalized spacial score (nSPS) is 19.0. The van der Waals surface area contributed by atoms with E-state index in [-0.39, 0.29) is 17.4 Å². The number of anilines is 1. The van der Waals surface area contributed by atoms with E-state index in [4.69, 9.17) is 0 Å². The minimum absolute atomic E-state index is 0.127. The zero-order valence-corrected chi connectivity index (χ0v) is 16.0. The maximum atomic E-state index is 13.2. The van der Waals surface area contributed by atoms with E-state index in [0.29, 0.717) is 23.0 Å². The molecule has 3 aromatic rings. The third kappa shape index (κ3) is 3.67. The van der Waals surface area contributed by atoms with Crippen molar-refractivity contribution in [2.24, 2.45) is 0 Å². The van der Waals surface area contributed by atoms with Crippen molar-refractivity contribution in [3.05, 3.63) is 75.6 Å². The predicted octanol–water partition coefficient (Wildman–Crippen LogP) is 4.34. The van der Waals surface area contributed by atoms with Gasteiger partial charge in [-0.15, -0.1) is 0 Å². The third-order valence-corrected chi connectivity index (χ3v) is 5.58. The van der Waals surface area contributed by atoms with Gasteiger partial charge in [0.2, 0.25) is 0 Å². The minimum atomic E-state index is -0.207. The second-order valence-electron chi connectivity index (χ2n) is 7.40. The van der Waals surface area contributed by atoms with Gasteiger partial charge in [-0.1, -0.05) is 18.6 Å². The molecule has 1 fully saturated rings. The van der Waals surface area contributed by atoms with Crippen LogP contribution in [0.2, 0.25) is 0 Å². The molecule has 0 bridgehead atoms. The first-order chi connectivity index (χ1) is 13.5. The monoisotopic (exact) mass is 378 g/mol. The Bertz CT molecular complexity index is 1030. The number of H-pyrrole nitrogens is 1. The molecule has 1 saturated carbocycles. The molecule has 4 rings (SSSR count). The van der Waals surface area contributed by atoms with Crippen molar-refractivity contribution in [2.75, 3.05) is 5.32 Å². The topological polar surface area (TPSA) is 70.7 Å². The lowest BCUT2D eigenvalue weighted by Gasteiger charge is -2.22. The molecule has 2 heterocycles. The van der Waals surface area contributed by atoms with Crippen LogP contribution in [0.4, 0.5) is 10.2 Å². The van der Waals surface area contributed by atoms with E-state index in [9.17, 15) is 9.18 Å². The molecule has 0 spiro atoms. The second kappa shape index (κ2) is 7.54. The second-order valence-corrected chi connectivity index (χ2v) is 7.40. The minimum Gasteiger partial charge on any atom is -0.367 e. The highest BCUT2D eigenvalue weighted by Gasteiger charge is 2.28. The van der Waals surface area contributed by atoms with Crippen molar-refractivity contribution in [3.63, 3.8) is 0 Å². The van der Waals surface area contributed by atoms with Crippen molar-refractivity contribution >= 4 is 5.82 Å². The molecule has 144 valence electrons. The van der Waals surface area contributed by atoms with E-state index < -0.39 is 0 Å². The average Bonchev–Trinajstić information content (AvgIpc) is 3.15. The SMILES string of the molecule is Cc1nc(-c2ccc(NC3CCCC3c3ccc(F)cc3)nc2)[nH]c(=O)c1C. The molecular weight excluding hydrogens is 355 g/mol. The van der Waals surface area contributed by atoms with Gasteiger partial charge in [0.05, 0.1) is 0 Å². The number of aromatic nitrogens is 3. The summed E-state index contributed by atoms with van der Waals surface area (Å²) in [6.07, 6.45) is 4.98. The van der Waals surface area contributed by atoms with Gasteiger partial charge in [-0.05, 0) is 56.5 Å². The zero-order valence-electron chi connectivity index (χ0n) is 16.0. The lowest BCUT2D eigenvalue weighted by atomic mass is 9.94. The molecule has 6 heteroatoms. The van der Waals surface area contributed by atoms with E-state index >= 15 is 0 Å². The molecule has 5 nitrogen and oxygen atoms in total. The first-order valence-electron chi connectivity index (χ1n) is 9.57. The average molecular weight is 378 g/mol. The van der Waals surface area contributed by atoms with Crippen LogP contribution < -0.4 is 10.9 Å². The molecule has 1 aromatic carbocycles. The molecule has 0 aliphatic heterocycles. The smallest absolute Gasteiger partial charge is 0.254 e. The van der Waals surface area contributed by atoms with Crippen LogP contribution in [0.1, 0.15) is 42.0 Å². The summed E-state index contributed by atoms with van der Waals surface area (Å²) in [6, 6.07) is 10.9. The Morgan fingerprint density at radius 1 is 1.11 bits per heavy atom. The van der Waals surface area contributed by atoms with Crippen molar-refractivity contribution in [1.82, 2.24) is 15.0 Å². The van der Waals surface area contributed by atoms with Crippen molar-refractivity contribution < 1.29 is 4.39 Å². The van der Waals surface area contributed by atoms with E-state index in [0.717, 1.165) is 36.2 Å². The Morgan fingerprint density at radius 3 is 2.57 bits per heavy atom. The summed E-state index contributed by atoms with van der Waals surface area (Å²) in [6.45, 7) is 3.59. The molecule has 0 amide bonds. The van der Waals surface area contributed by atoms with Crippen LogP contribution in [0.3, 0.4) is 0 Å². The molecule has 1 aliphatic carbocycles. The van der Waals surface area contributed by atoms with Gasteiger partial charge >= 0.3 is 0 Å².